The molecular weight excluding hydrogens is 283 g/mol. The van der Waals surface area contributed by atoms with Gasteiger partial charge >= 0.3 is 5.76 Å². The van der Waals surface area contributed by atoms with Crippen molar-refractivity contribution in [3.63, 3.8) is 0 Å². The zero-order chi connectivity index (χ0) is 14.3. The molecule has 1 aromatic carbocycles. The first-order valence-corrected chi connectivity index (χ1v) is 7.93. The molecule has 2 heterocycles. The van der Waals surface area contributed by atoms with E-state index in [0.29, 0.717) is 22.5 Å². The van der Waals surface area contributed by atoms with Crippen molar-refractivity contribution in [2.24, 2.45) is 0 Å². The second-order valence-electron chi connectivity index (χ2n) is 5.03. The molecule has 2 aromatic rings. The van der Waals surface area contributed by atoms with Crippen LogP contribution >= 0.6 is 0 Å². The Morgan fingerprint density at radius 1 is 1.55 bits per heavy atom. The van der Waals surface area contributed by atoms with E-state index < -0.39 is 22.7 Å². The summed E-state index contributed by atoms with van der Waals surface area (Å²) in [5.41, 5.74) is 1.04. The monoisotopic (exact) mass is 298 g/mol. The Morgan fingerprint density at radius 2 is 2.35 bits per heavy atom. The molecule has 1 saturated heterocycles. The van der Waals surface area contributed by atoms with Crippen molar-refractivity contribution >= 4 is 28.0 Å². The van der Waals surface area contributed by atoms with Crippen LogP contribution in [0.15, 0.2) is 21.3 Å². The van der Waals surface area contributed by atoms with Crippen molar-refractivity contribution in [1.29, 1.82) is 0 Å². The van der Waals surface area contributed by atoms with Crippen LogP contribution in [0.3, 0.4) is 0 Å². The Kier molecular flexibility index (Phi) is 3.47. The number of nitrogens with one attached hydrogen (secondary N) is 1. The largest absolute Gasteiger partial charge is 0.616 e. The summed E-state index contributed by atoms with van der Waals surface area (Å²) in [6.07, 6.45) is 1.77. The molecule has 0 spiro atoms. The van der Waals surface area contributed by atoms with Crippen LogP contribution in [0.4, 0.5) is 10.1 Å². The number of H-pyrrole nitrogens is 1. The quantitative estimate of drug-likeness (QED) is 0.855. The fourth-order valence-corrected chi connectivity index (χ4v) is 4.07. The third-order valence-electron chi connectivity index (χ3n) is 3.70. The van der Waals surface area contributed by atoms with Crippen LogP contribution in [0.2, 0.25) is 0 Å². The van der Waals surface area contributed by atoms with Gasteiger partial charge in [-0.15, -0.1) is 0 Å². The van der Waals surface area contributed by atoms with E-state index in [-0.39, 0.29) is 6.04 Å². The molecule has 1 N–H and O–H groups in total. The fourth-order valence-electron chi connectivity index (χ4n) is 2.59. The summed E-state index contributed by atoms with van der Waals surface area (Å²) in [6, 6.07) is 2.81. The number of hydrogen-bond donors (Lipinski definition) is 1. The van der Waals surface area contributed by atoms with E-state index in [0.717, 1.165) is 18.6 Å². The number of nitrogens with zero attached hydrogens (tertiary/aromatic N) is 1. The van der Waals surface area contributed by atoms with Crippen molar-refractivity contribution in [2.45, 2.75) is 18.9 Å². The molecule has 0 bridgehead atoms. The second-order valence-corrected chi connectivity index (χ2v) is 6.65. The summed E-state index contributed by atoms with van der Waals surface area (Å²) in [6.45, 7) is 0. The molecule has 7 heteroatoms. The average Bonchev–Trinajstić information content (AvgIpc) is 2.76. The third kappa shape index (κ3) is 2.43. The van der Waals surface area contributed by atoms with Gasteiger partial charge in [-0.2, -0.15) is 0 Å². The minimum absolute atomic E-state index is 0.0437. The van der Waals surface area contributed by atoms with Gasteiger partial charge in [-0.05, 0) is 12.8 Å². The van der Waals surface area contributed by atoms with E-state index in [1.807, 2.05) is 0 Å². The van der Waals surface area contributed by atoms with E-state index in [2.05, 4.69) is 4.98 Å². The lowest BCUT2D eigenvalue weighted by Gasteiger charge is -2.33. The molecule has 0 amide bonds. The van der Waals surface area contributed by atoms with Crippen molar-refractivity contribution in [1.82, 2.24) is 4.98 Å². The van der Waals surface area contributed by atoms with E-state index in [9.17, 15) is 13.7 Å². The summed E-state index contributed by atoms with van der Waals surface area (Å²) >= 11 is -0.838. The summed E-state index contributed by atoms with van der Waals surface area (Å²) in [4.78, 5) is 15.3. The molecule has 1 aliphatic rings. The molecule has 0 aliphatic carbocycles. The highest BCUT2D eigenvalue weighted by molar-refractivity contribution is 7.91. The standard InChI is InChI=1S/C13H15FN2O3S/c1-16(8-3-2-4-20(18)7-8)11-6-12-10(5-9(11)14)15-13(17)19-12/h5-6,8H,2-4,7H2,1H3,(H,15,17). The van der Waals surface area contributed by atoms with Gasteiger partial charge in [0.2, 0.25) is 0 Å². The SMILES string of the molecule is CN(c1cc2oc(=O)[nH]c2cc1F)C1CCC[S+]([O-])C1. The van der Waals surface area contributed by atoms with E-state index in [4.69, 9.17) is 4.42 Å². The van der Waals surface area contributed by atoms with Crippen LogP contribution in [0.25, 0.3) is 11.1 Å². The number of oxazole rings is 1. The minimum atomic E-state index is -0.838. The fraction of sp³-hybridized carbons (Fsp3) is 0.462. The predicted octanol–water partition coefficient (Wildman–Crippen LogP) is 1.61. The lowest BCUT2D eigenvalue weighted by atomic mass is 10.1. The average molecular weight is 298 g/mol. The van der Waals surface area contributed by atoms with Crippen molar-refractivity contribution in [2.75, 3.05) is 23.5 Å². The molecule has 5 nitrogen and oxygen atoms in total. The van der Waals surface area contributed by atoms with Crippen LogP contribution in [-0.2, 0) is 11.2 Å². The minimum Gasteiger partial charge on any atom is -0.616 e. The van der Waals surface area contributed by atoms with Crippen LogP contribution in [0.5, 0.6) is 0 Å². The first kappa shape index (κ1) is 13.5. The van der Waals surface area contributed by atoms with Gasteiger partial charge in [0.15, 0.2) is 5.58 Å². The predicted molar refractivity (Wildman–Crippen MR) is 76.1 cm³/mol. The van der Waals surface area contributed by atoms with Crippen LogP contribution in [0, 0.1) is 5.82 Å². The Morgan fingerprint density at radius 3 is 3.10 bits per heavy atom. The molecule has 2 atom stereocenters. The van der Waals surface area contributed by atoms with Crippen LogP contribution < -0.4 is 10.7 Å². The van der Waals surface area contributed by atoms with Gasteiger partial charge in [-0.25, -0.2) is 9.18 Å². The van der Waals surface area contributed by atoms with Gasteiger partial charge < -0.3 is 13.9 Å². The molecule has 2 unspecified atom stereocenters. The Hall–Kier alpha value is -1.47. The van der Waals surface area contributed by atoms with E-state index in [1.54, 1.807) is 11.9 Å². The maximum Gasteiger partial charge on any atom is 0.417 e. The highest BCUT2D eigenvalue weighted by Crippen LogP contribution is 2.28. The summed E-state index contributed by atoms with van der Waals surface area (Å²) in [7, 11) is 1.78. The lowest BCUT2D eigenvalue weighted by molar-refractivity contribution is 0.532. The molecule has 0 radical (unpaired) electrons. The van der Waals surface area contributed by atoms with Crippen molar-refractivity contribution in [3.8, 4) is 0 Å². The van der Waals surface area contributed by atoms with Gasteiger partial charge in [0.1, 0.15) is 17.3 Å². The number of halogens is 1. The molecule has 0 saturated carbocycles. The van der Waals surface area contributed by atoms with Gasteiger partial charge in [0, 0.05) is 19.2 Å². The number of hydrogen-bond acceptors (Lipinski definition) is 4. The highest BCUT2D eigenvalue weighted by atomic mass is 32.2. The molecule has 1 fully saturated rings. The molecular formula is C13H15FN2O3S. The van der Waals surface area contributed by atoms with Gasteiger partial charge in [0.05, 0.1) is 17.2 Å². The Bertz CT molecular complexity index is 684. The number of benzene rings is 1. The molecule has 20 heavy (non-hydrogen) atoms. The normalized spacial score (nSPS) is 23.1. The van der Waals surface area contributed by atoms with Crippen molar-refractivity contribution in [3.05, 3.63) is 28.5 Å². The molecule has 1 aromatic heterocycles. The van der Waals surface area contributed by atoms with Gasteiger partial charge in [-0.1, -0.05) is 11.2 Å². The van der Waals surface area contributed by atoms with Crippen LogP contribution in [0.1, 0.15) is 12.8 Å². The van der Waals surface area contributed by atoms with Crippen LogP contribution in [-0.4, -0.2) is 34.1 Å². The summed E-state index contributed by atoms with van der Waals surface area (Å²) < 4.78 is 30.7. The highest BCUT2D eigenvalue weighted by Gasteiger charge is 2.28. The first-order valence-electron chi connectivity index (χ1n) is 6.45. The maximum atomic E-state index is 14.2. The summed E-state index contributed by atoms with van der Waals surface area (Å²) in [5.74, 6) is 0.246. The Labute approximate surface area is 117 Å². The number of rotatable bonds is 2. The number of aromatic nitrogens is 1. The topological polar surface area (TPSA) is 72.3 Å². The number of fused-ring (bicyclic) bond motifs is 1. The first-order chi connectivity index (χ1) is 9.54. The van der Waals surface area contributed by atoms with Gasteiger partial charge in [-0.3, -0.25) is 4.98 Å². The second kappa shape index (κ2) is 5.14. The van der Waals surface area contributed by atoms with E-state index in [1.165, 1.54) is 12.1 Å². The number of aromatic amines is 1. The van der Waals surface area contributed by atoms with Crippen molar-refractivity contribution < 1.29 is 13.4 Å². The zero-order valence-electron chi connectivity index (χ0n) is 11.0. The molecule has 108 valence electrons. The number of anilines is 1. The van der Waals surface area contributed by atoms with E-state index >= 15 is 0 Å². The smallest absolute Gasteiger partial charge is 0.417 e. The molecule has 3 rings (SSSR count). The Balaban J connectivity index is 1.95. The summed E-state index contributed by atoms with van der Waals surface area (Å²) in [5, 5.41) is 0. The molecule has 1 aliphatic heterocycles. The third-order valence-corrected chi connectivity index (χ3v) is 5.20. The van der Waals surface area contributed by atoms with Gasteiger partial charge in [0.25, 0.3) is 0 Å². The maximum absolute atomic E-state index is 14.2. The zero-order valence-corrected chi connectivity index (χ0v) is 11.8. The lowest BCUT2D eigenvalue weighted by Crippen LogP contribution is -2.41.